The third kappa shape index (κ3) is 1.22. The van der Waals surface area contributed by atoms with E-state index in [1.165, 1.54) is 6.20 Å². The van der Waals surface area contributed by atoms with E-state index in [0.29, 0.717) is 16.7 Å². The molecule has 78 valence electrons. The Balaban J connectivity index is 2.38. The maximum Gasteiger partial charge on any atom is 0.277 e. The van der Waals surface area contributed by atoms with Gasteiger partial charge in [-0.25, -0.2) is 5.10 Å². The first-order valence-electron chi connectivity index (χ1n) is 4.75. The minimum atomic E-state index is -0.294. The molecule has 0 fully saturated rings. The molecule has 5 heteroatoms. The summed E-state index contributed by atoms with van der Waals surface area (Å²) in [5.74, 6) is 0. The number of nitrogens with one attached hydrogen (secondary N) is 1. The van der Waals surface area contributed by atoms with Gasteiger partial charge < -0.3 is 4.52 Å². The van der Waals surface area contributed by atoms with Crippen molar-refractivity contribution in [3.63, 3.8) is 0 Å². The first-order valence-corrected chi connectivity index (χ1v) is 4.75. The highest BCUT2D eigenvalue weighted by atomic mass is 16.5. The second kappa shape index (κ2) is 3.30. The molecule has 2 heterocycles. The van der Waals surface area contributed by atoms with Crippen LogP contribution in [0.3, 0.4) is 0 Å². The summed E-state index contributed by atoms with van der Waals surface area (Å²) in [6.07, 6.45) is 1.44. The molecule has 3 rings (SSSR count). The van der Waals surface area contributed by atoms with Crippen LogP contribution in [0.5, 0.6) is 0 Å². The van der Waals surface area contributed by atoms with Gasteiger partial charge in [-0.2, -0.15) is 5.10 Å². The van der Waals surface area contributed by atoms with E-state index in [1.54, 1.807) is 0 Å². The topological polar surface area (TPSA) is 71.8 Å². The van der Waals surface area contributed by atoms with Crippen LogP contribution in [0.25, 0.3) is 22.2 Å². The molecule has 0 amide bonds. The Kier molecular flexibility index (Phi) is 1.83. The van der Waals surface area contributed by atoms with Gasteiger partial charge in [0.2, 0.25) is 0 Å². The number of aromatic amines is 1. The molecule has 0 saturated heterocycles. The molecule has 3 aromatic rings. The van der Waals surface area contributed by atoms with E-state index < -0.39 is 0 Å². The molecule has 0 bridgehead atoms. The zero-order chi connectivity index (χ0) is 11.0. The summed E-state index contributed by atoms with van der Waals surface area (Å²) in [5, 5.41) is 10.3. The number of hydrogen-bond acceptors (Lipinski definition) is 4. The highest BCUT2D eigenvalue weighted by Gasteiger charge is 2.13. The average molecular weight is 213 g/mol. The van der Waals surface area contributed by atoms with Crippen molar-refractivity contribution in [1.29, 1.82) is 0 Å². The largest absolute Gasteiger partial charge is 0.354 e. The Morgan fingerprint density at radius 1 is 1.19 bits per heavy atom. The number of aromatic nitrogens is 3. The second-order valence-electron chi connectivity index (χ2n) is 3.34. The van der Waals surface area contributed by atoms with E-state index in [0.717, 1.165) is 5.56 Å². The minimum Gasteiger partial charge on any atom is -0.354 e. The lowest BCUT2D eigenvalue weighted by atomic mass is 10.1. The molecule has 16 heavy (non-hydrogen) atoms. The molecule has 0 aliphatic heterocycles. The summed E-state index contributed by atoms with van der Waals surface area (Å²) in [7, 11) is 0. The van der Waals surface area contributed by atoms with Gasteiger partial charge in [0.25, 0.3) is 5.56 Å². The molecule has 0 spiro atoms. The maximum atomic E-state index is 11.6. The molecule has 0 aliphatic rings. The lowest BCUT2D eigenvalue weighted by Gasteiger charge is -1.93. The van der Waals surface area contributed by atoms with Gasteiger partial charge >= 0.3 is 0 Å². The van der Waals surface area contributed by atoms with E-state index in [9.17, 15) is 4.79 Å². The van der Waals surface area contributed by atoms with Crippen molar-refractivity contribution < 1.29 is 4.52 Å². The van der Waals surface area contributed by atoms with E-state index in [4.69, 9.17) is 4.52 Å². The molecule has 0 radical (unpaired) electrons. The van der Waals surface area contributed by atoms with Crippen LogP contribution in [0.4, 0.5) is 0 Å². The molecular formula is C11H7N3O2. The Morgan fingerprint density at radius 3 is 2.81 bits per heavy atom. The Labute approximate surface area is 89.7 Å². The Morgan fingerprint density at radius 2 is 2.00 bits per heavy atom. The number of hydrogen-bond donors (Lipinski definition) is 1. The average Bonchev–Trinajstić information content (AvgIpc) is 2.75. The number of fused-ring (bicyclic) bond motifs is 1. The summed E-state index contributed by atoms with van der Waals surface area (Å²) >= 11 is 0. The van der Waals surface area contributed by atoms with Crippen LogP contribution in [-0.2, 0) is 0 Å². The molecule has 2 aromatic heterocycles. The van der Waals surface area contributed by atoms with Gasteiger partial charge in [-0.05, 0) is 0 Å². The van der Waals surface area contributed by atoms with Crippen molar-refractivity contribution in [3.8, 4) is 11.3 Å². The normalized spacial score (nSPS) is 10.8. The molecule has 0 unspecified atom stereocenters. The van der Waals surface area contributed by atoms with Gasteiger partial charge in [-0.1, -0.05) is 35.5 Å². The smallest absolute Gasteiger partial charge is 0.277 e. The summed E-state index contributed by atoms with van der Waals surface area (Å²) in [6, 6.07) is 9.41. The third-order valence-electron chi connectivity index (χ3n) is 2.34. The molecule has 0 aliphatic carbocycles. The number of nitrogens with zero attached hydrogens (tertiary/aromatic N) is 2. The molecule has 0 saturated carbocycles. The summed E-state index contributed by atoms with van der Waals surface area (Å²) in [5.41, 5.74) is 1.48. The van der Waals surface area contributed by atoms with Crippen LogP contribution in [0, 0.1) is 0 Å². The molecule has 5 nitrogen and oxygen atoms in total. The van der Waals surface area contributed by atoms with E-state index in [2.05, 4.69) is 15.4 Å². The van der Waals surface area contributed by atoms with Crippen LogP contribution < -0.4 is 5.56 Å². The van der Waals surface area contributed by atoms with Crippen molar-refractivity contribution in [2.75, 3.05) is 0 Å². The predicted molar refractivity (Wildman–Crippen MR) is 57.9 cm³/mol. The van der Waals surface area contributed by atoms with Gasteiger partial charge in [0, 0.05) is 5.56 Å². The highest BCUT2D eigenvalue weighted by molar-refractivity contribution is 5.89. The van der Waals surface area contributed by atoms with Crippen molar-refractivity contribution in [3.05, 3.63) is 46.9 Å². The standard InChI is InChI=1S/C11H7N3O2/c15-11-9-8(6-12-13-11)16-14-10(9)7-4-2-1-3-5-7/h1-6H,(H,13,15). The first-order chi connectivity index (χ1) is 7.86. The van der Waals surface area contributed by atoms with Gasteiger partial charge in [-0.15, -0.1) is 0 Å². The van der Waals surface area contributed by atoms with Crippen molar-refractivity contribution in [2.24, 2.45) is 0 Å². The second-order valence-corrected chi connectivity index (χ2v) is 3.34. The minimum absolute atomic E-state index is 0.294. The van der Waals surface area contributed by atoms with Gasteiger partial charge in [0.15, 0.2) is 5.58 Å². The SMILES string of the molecule is O=c1[nH]ncc2onc(-c3ccccc3)c12. The van der Waals surface area contributed by atoms with Crippen LogP contribution in [0.2, 0.25) is 0 Å². The molecular weight excluding hydrogens is 206 g/mol. The summed E-state index contributed by atoms with van der Waals surface area (Å²) in [4.78, 5) is 11.6. The zero-order valence-corrected chi connectivity index (χ0v) is 8.18. The lowest BCUT2D eigenvalue weighted by Crippen LogP contribution is -2.06. The predicted octanol–water partition coefficient (Wildman–Crippen LogP) is 1.58. The lowest BCUT2D eigenvalue weighted by molar-refractivity contribution is 0.458. The number of H-pyrrole nitrogens is 1. The summed E-state index contributed by atoms with van der Waals surface area (Å²) < 4.78 is 5.05. The zero-order valence-electron chi connectivity index (χ0n) is 8.18. The first kappa shape index (κ1) is 8.84. The van der Waals surface area contributed by atoms with Crippen LogP contribution in [0.15, 0.2) is 45.8 Å². The van der Waals surface area contributed by atoms with Crippen LogP contribution in [-0.4, -0.2) is 15.4 Å². The monoisotopic (exact) mass is 213 g/mol. The fourth-order valence-electron chi connectivity index (χ4n) is 1.61. The quantitative estimate of drug-likeness (QED) is 0.666. The third-order valence-corrected chi connectivity index (χ3v) is 2.34. The fraction of sp³-hybridized carbons (Fsp3) is 0. The number of rotatable bonds is 1. The fourth-order valence-corrected chi connectivity index (χ4v) is 1.61. The molecule has 1 N–H and O–H groups in total. The van der Waals surface area contributed by atoms with Crippen molar-refractivity contribution >= 4 is 11.0 Å². The van der Waals surface area contributed by atoms with Gasteiger partial charge in [0.1, 0.15) is 11.1 Å². The van der Waals surface area contributed by atoms with Gasteiger partial charge in [0.05, 0.1) is 6.20 Å². The van der Waals surface area contributed by atoms with Gasteiger partial charge in [-0.3, -0.25) is 4.79 Å². The van der Waals surface area contributed by atoms with Crippen LogP contribution >= 0.6 is 0 Å². The van der Waals surface area contributed by atoms with Crippen molar-refractivity contribution in [1.82, 2.24) is 15.4 Å². The van der Waals surface area contributed by atoms with E-state index >= 15 is 0 Å². The van der Waals surface area contributed by atoms with E-state index in [1.807, 2.05) is 30.3 Å². The Bertz CT molecular complexity index is 685. The molecule has 1 aromatic carbocycles. The summed E-state index contributed by atoms with van der Waals surface area (Å²) in [6.45, 7) is 0. The number of benzene rings is 1. The van der Waals surface area contributed by atoms with Crippen LogP contribution in [0.1, 0.15) is 0 Å². The maximum absolute atomic E-state index is 11.6. The molecule has 0 atom stereocenters. The highest BCUT2D eigenvalue weighted by Crippen LogP contribution is 2.23. The van der Waals surface area contributed by atoms with Crippen molar-refractivity contribution in [2.45, 2.75) is 0 Å². The van der Waals surface area contributed by atoms with E-state index in [-0.39, 0.29) is 5.56 Å². The Hall–Kier alpha value is -2.43.